The molecular weight excluding hydrogens is 361 g/mol. The van der Waals surface area contributed by atoms with Gasteiger partial charge >= 0.3 is 0 Å². The molecule has 0 unspecified atom stereocenters. The highest BCUT2D eigenvalue weighted by molar-refractivity contribution is 6.32. The molecular formula is C19H21Cl2NO3. The average molecular weight is 382 g/mol. The van der Waals surface area contributed by atoms with E-state index in [1.54, 1.807) is 44.7 Å². The summed E-state index contributed by atoms with van der Waals surface area (Å²) in [5.74, 6) is 1.73. The minimum Gasteiger partial charge on any atom is -0.494 e. The predicted octanol–water partition coefficient (Wildman–Crippen LogP) is 5.94. The molecule has 1 atom stereocenters. The standard InChI is InChI=1S/C19H21Cl2NO3/c1-5-12(2)25-19-15(21)8-13(9-18(19)24-4)11-22-16-10-14(20)6-7-17(16)23-3/h6-12H,5H2,1-4H3/t12-/m0/s1. The van der Waals surface area contributed by atoms with Crippen LogP contribution >= 0.6 is 23.2 Å². The quantitative estimate of drug-likeness (QED) is 0.557. The minimum atomic E-state index is 0.0432. The Balaban J connectivity index is 2.34. The van der Waals surface area contributed by atoms with Crippen molar-refractivity contribution in [2.45, 2.75) is 26.4 Å². The maximum Gasteiger partial charge on any atom is 0.180 e. The third-order valence-corrected chi connectivity index (χ3v) is 4.16. The number of benzene rings is 2. The predicted molar refractivity (Wildman–Crippen MR) is 104 cm³/mol. The normalized spacial score (nSPS) is 12.2. The van der Waals surface area contributed by atoms with Crippen molar-refractivity contribution in [3.63, 3.8) is 0 Å². The van der Waals surface area contributed by atoms with Crippen molar-refractivity contribution < 1.29 is 14.2 Å². The van der Waals surface area contributed by atoms with Crippen LogP contribution in [0.5, 0.6) is 17.2 Å². The highest BCUT2D eigenvalue weighted by Crippen LogP contribution is 2.37. The van der Waals surface area contributed by atoms with Crippen LogP contribution in [0.25, 0.3) is 0 Å². The summed E-state index contributed by atoms with van der Waals surface area (Å²) in [5, 5.41) is 1.06. The second-order valence-corrected chi connectivity index (χ2v) is 6.29. The van der Waals surface area contributed by atoms with Crippen LogP contribution in [0.2, 0.25) is 10.0 Å². The molecule has 0 aromatic heterocycles. The lowest BCUT2D eigenvalue weighted by Gasteiger charge is -2.17. The molecule has 0 radical (unpaired) electrons. The van der Waals surface area contributed by atoms with Gasteiger partial charge in [0, 0.05) is 11.2 Å². The first-order chi connectivity index (χ1) is 12.0. The molecule has 2 aromatic rings. The highest BCUT2D eigenvalue weighted by Gasteiger charge is 2.14. The largest absolute Gasteiger partial charge is 0.494 e. The molecule has 4 nitrogen and oxygen atoms in total. The maximum atomic E-state index is 6.37. The van der Waals surface area contributed by atoms with Gasteiger partial charge in [-0.25, -0.2) is 0 Å². The first kappa shape index (κ1) is 19.4. The van der Waals surface area contributed by atoms with Gasteiger partial charge in [-0.05, 0) is 49.2 Å². The zero-order valence-electron chi connectivity index (χ0n) is 14.7. The molecule has 25 heavy (non-hydrogen) atoms. The zero-order chi connectivity index (χ0) is 18.4. The molecule has 0 N–H and O–H groups in total. The van der Waals surface area contributed by atoms with Crippen molar-refractivity contribution in [3.8, 4) is 17.2 Å². The Morgan fingerprint density at radius 3 is 2.44 bits per heavy atom. The molecule has 0 fully saturated rings. The molecule has 134 valence electrons. The van der Waals surface area contributed by atoms with Gasteiger partial charge in [0.15, 0.2) is 11.5 Å². The summed E-state index contributed by atoms with van der Waals surface area (Å²) in [6.45, 7) is 4.03. The molecule has 0 aliphatic carbocycles. The molecule has 0 aliphatic rings. The molecule has 0 bridgehead atoms. The molecule has 2 aromatic carbocycles. The van der Waals surface area contributed by atoms with Crippen LogP contribution in [-0.2, 0) is 0 Å². The Bertz CT molecular complexity index is 763. The zero-order valence-corrected chi connectivity index (χ0v) is 16.2. The molecule has 2 rings (SSSR count). The fourth-order valence-corrected chi connectivity index (χ4v) is 2.55. The summed E-state index contributed by atoms with van der Waals surface area (Å²) in [5.41, 5.74) is 1.41. The number of methoxy groups -OCH3 is 2. The lowest BCUT2D eigenvalue weighted by molar-refractivity contribution is 0.208. The summed E-state index contributed by atoms with van der Waals surface area (Å²) < 4.78 is 16.5. The van der Waals surface area contributed by atoms with Crippen molar-refractivity contribution >= 4 is 35.1 Å². The van der Waals surface area contributed by atoms with Crippen LogP contribution in [-0.4, -0.2) is 26.5 Å². The second-order valence-electron chi connectivity index (χ2n) is 5.45. The lowest BCUT2D eigenvalue weighted by Crippen LogP contribution is -2.11. The van der Waals surface area contributed by atoms with Gasteiger partial charge < -0.3 is 14.2 Å². The number of rotatable bonds is 7. The van der Waals surface area contributed by atoms with Gasteiger partial charge in [0.05, 0.1) is 25.3 Å². The molecule has 6 heteroatoms. The number of aliphatic imine (C=N–C) groups is 1. The van der Waals surface area contributed by atoms with E-state index in [4.69, 9.17) is 37.4 Å². The number of hydrogen-bond donors (Lipinski definition) is 0. The summed E-state index contributed by atoms with van der Waals surface area (Å²) in [6.07, 6.45) is 2.59. The summed E-state index contributed by atoms with van der Waals surface area (Å²) in [4.78, 5) is 4.44. The van der Waals surface area contributed by atoms with Crippen molar-refractivity contribution in [3.05, 3.63) is 45.9 Å². The fourth-order valence-electron chi connectivity index (χ4n) is 2.12. The minimum absolute atomic E-state index is 0.0432. The first-order valence-corrected chi connectivity index (χ1v) is 8.65. The number of nitrogens with zero attached hydrogens (tertiary/aromatic N) is 1. The number of ether oxygens (including phenoxy) is 3. The van der Waals surface area contributed by atoms with E-state index in [1.807, 2.05) is 19.9 Å². The molecule has 0 heterocycles. The summed E-state index contributed by atoms with van der Waals surface area (Å²) in [6, 6.07) is 8.86. The second kappa shape index (κ2) is 8.97. The van der Waals surface area contributed by atoms with E-state index in [9.17, 15) is 0 Å². The Kier molecular flexibility index (Phi) is 6.97. The van der Waals surface area contributed by atoms with E-state index in [0.29, 0.717) is 33.0 Å². The maximum absolute atomic E-state index is 6.37. The molecule has 0 aliphatic heterocycles. The first-order valence-electron chi connectivity index (χ1n) is 7.90. The van der Waals surface area contributed by atoms with Crippen LogP contribution in [0, 0.1) is 0 Å². The van der Waals surface area contributed by atoms with Gasteiger partial charge in [-0.3, -0.25) is 4.99 Å². The summed E-state index contributed by atoms with van der Waals surface area (Å²) >= 11 is 12.4. The smallest absolute Gasteiger partial charge is 0.180 e. The van der Waals surface area contributed by atoms with Crippen molar-refractivity contribution in [2.75, 3.05) is 14.2 Å². The van der Waals surface area contributed by atoms with E-state index >= 15 is 0 Å². The topological polar surface area (TPSA) is 40.0 Å². The van der Waals surface area contributed by atoms with Crippen LogP contribution in [0.4, 0.5) is 5.69 Å². The SMILES string of the molecule is CC[C@H](C)Oc1c(Cl)cc(C=Nc2cc(Cl)ccc2OC)cc1OC. The van der Waals surface area contributed by atoms with E-state index in [2.05, 4.69) is 4.99 Å². The van der Waals surface area contributed by atoms with E-state index < -0.39 is 0 Å². The fraction of sp³-hybridized carbons (Fsp3) is 0.316. The van der Waals surface area contributed by atoms with E-state index in [-0.39, 0.29) is 6.10 Å². The van der Waals surface area contributed by atoms with Gasteiger partial charge in [-0.15, -0.1) is 0 Å². The van der Waals surface area contributed by atoms with Gasteiger partial charge in [-0.2, -0.15) is 0 Å². The lowest BCUT2D eigenvalue weighted by atomic mass is 10.2. The van der Waals surface area contributed by atoms with Gasteiger partial charge in [0.1, 0.15) is 11.4 Å². The van der Waals surface area contributed by atoms with E-state index in [0.717, 1.165) is 12.0 Å². The van der Waals surface area contributed by atoms with Gasteiger partial charge in [-0.1, -0.05) is 30.1 Å². The third-order valence-electron chi connectivity index (χ3n) is 3.64. The Labute approximate surface area is 158 Å². The van der Waals surface area contributed by atoms with Crippen molar-refractivity contribution in [1.29, 1.82) is 0 Å². The molecule has 0 spiro atoms. The molecule has 0 amide bonds. The van der Waals surface area contributed by atoms with E-state index in [1.165, 1.54) is 0 Å². The highest BCUT2D eigenvalue weighted by atomic mass is 35.5. The Hall–Kier alpha value is -1.91. The third kappa shape index (κ3) is 5.03. The van der Waals surface area contributed by atoms with Crippen LogP contribution in [0.1, 0.15) is 25.8 Å². The average Bonchev–Trinajstić information content (AvgIpc) is 2.61. The van der Waals surface area contributed by atoms with Crippen LogP contribution in [0.3, 0.4) is 0 Å². The number of halogens is 2. The van der Waals surface area contributed by atoms with Crippen molar-refractivity contribution in [2.24, 2.45) is 4.99 Å². The Morgan fingerprint density at radius 2 is 1.80 bits per heavy atom. The van der Waals surface area contributed by atoms with Crippen LogP contribution < -0.4 is 14.2 Å². The van der Waals surface area contributed by atoms with Crippen molar-refractivity contribution in [1.82, 2.24) is 0 Å². The van der Waals surface area contributed by atoms with Gasteiger partial charge in [0.2, 0.25) is 0 Å². The monoisotopic (exact) mass is 381 g/mol. The number of hydrogen-bond acceptors (Lipinski definition) is 4. The summed E-state index contributed by atoms with van der Waals surface area (Å²) in [7, 11) is 3.17. The van der Waals surface area contributed by atoms with Gasteiger partial charge in [0.25, 0.3) is 0 Å². The molecule has 0 saturated heterocycles. The Morgan fingerprint density at radius 1 is 1.08 bits per heavy atom. The molecule has 0 saturated carbocycles. The van der Waals surface area contributed by atoms with Crippen LogP contribution in [0.15, 0.2) is 35.3 Å².